The molecule has 0 spiro atoms. The zero-order valence-electron chi connectivity index (χ0n) is 6.89. The van der Waals surface area contributed by atoms with Gasteiger partial charge in [-0.25, -0.2) is 0 Å². The van der Waals surface area contributed by atoms with Crippen LogP contribution in [-0.4, -0.2) is 11.4 Å². The fourth-order valence-electron chi connectivity index (χ4n) is 0.398. The quantitative estimate of drug-likeness (QED) is 0.262. The van der Waals surface area contributed by atoms with Gasteiger partial charge in [0.25, 0.3) is 0 Å². The Morgan fingerprint density at radius 2 is 1.19 bits per heavy atom. The molecule has 94 valence electrons. The van der Waals surface area contributed by atoms with Crippen LogP contribution in [0.25, 0.3) is 0 Å². The summed E-state index contributed by atoms with van der Waals surface area (Å²) in [7, 11) is 25.3. The summed E-state index contributed by atoms with van der Waals surface area (Å²) in [6, 6.07) is 0. The van der Waals surface area contributed by atoms with Gasteiger partial charge < -0.3 is 0 Å². The summed E-state index contributed by atoms with van der Waals surface area (Å²) < 4.78 is 4.69. The number of halogens is 9. The third-order valence-electron chi connectivity index (χ3n) is 0.841. The molecule has 1 heterocycles. The van der Waals surface area contributed by atoms with E-state index in [1.807, 2.05) is 0 Å². The Morgan fingerprint density at radius 3 is 1.50 bits per heavy atom. The normalized spacial score (nSPS) is 13.4. The van der Waals surface area contributed by atoms with Crippen LogP contribution in [-0.2, 0) is 0 Å². The van der Waals surface area contributed by atoms with Crippen LogP contribution in [0.1, 0.15) is 0 Å². The van der Waals surface area contributed by atoms with Gasteiger partial charge in [0, 0.05) is 11.6 Å². The van der Waals surface area contributed by atoms with Crippen molar-refractivity contribution >= 4 is 102 Å². The van der Waals surface area contributed by atoms with Crippen molar-refractivity contribution in [3.8, 4) is 0 Å². The van der Waals surface area contributed by atoms with Crippen molar-refractivity contribution in [2.24, 2.45) is 0 Å². The van der Waals surface area contributed by atoms with Crippen LogP contribution < -0.4 is 0 Å². The molecule has 1 aromatic rings. The Bertz CT molecular complexity index is 340. The zero-order valence-corrected chi connectivity index (χ0v) is 16.5. The molecule has 0 aliphatic carbocycles. The van der Waals surface area contributed by atoms with Crippen molar-refractivity contribution in [2.45, 2.75) is 0 Å². The van der Waals surface area contributed by atoms with Crippen LogP contribution in [0.4, 0.5) is 0 Å². The van der Waals surface area contributed by atoms with E-state index < -0.39 is 11.4 Å². The van der Waals surface area contributed by atoms with E-state index in [1.165, 1.54) is 6.26 Å². The molecule has 0 fully saturated rings. The van der Waals surface area contributed by atoms with Crippen LogP contribution in [0, 0.1) is 0 Å². The molecular formula is C5HCl9OSn. The first-order valence-corrected chi connectivity index (χ1v) is 22.8. The van der Waals surface area contributed by atoms with E-state index in [0.717, 1.165) is 0 Å². The van der Waals surface area contributed by atoms with Crippen molar-refractivity contribution in [1.29, 1.82) is 0 Å². The molecule has 1 nitrogen and oxygen atoms in total. The third-order valence-corrected chi connectivity index (χ3v) is 2.44. The zero-order chi connectivity index (χ0) is 13.2. The summed E-state index contributed by atoms with van der Waals surface area (Å²) in [6.45, 7) is 0. The van der Waals surface area contributed by atoms with E-state index in [9.17, 15) is 0 Å². The summed E-state index contributed by atoms with van der Waals surface area (Å²) in [6.07, 6.45) is 1.22. The predicted molar refractivity (Wildman–Crippen MR) is 78.2 cm³/mol. The summed E-state index contributed by atoms with van der Waals surface area (Å²) in [5.74, 6) is 0. The fraction of sp³-hybridized carbons (Fsp3) is 0. The van der Waals surface area contributed by atoms with Gasteiger partial charge in [0.15, 0.2) is 10.0 Å². The average molecular weight is 515 g/mol. The van der Waals surface area contributed by atoms with Gasteiger partial charge in [-0.2, -0.15) is 4.42 Å². The van der Waals surface area contributed by atoms with E-state index in [0.29, 0.717) is 0 Å². The summed E-state index contributed by atoms with van der Waals surface area (Å²) in [5, 5.41) is 0.627. The number of rotatable bonds is 0. The molecule has 16 heavy (non-hydrogen) atoms. The predicted octanol–water partition coefficient (Wildman–Crippen LogP) is 7.24. The van der Waals surface area contributed by atoms with E-state index in [2.05, 4.69) is 4.42 Å². The second-order valence-corrected chi connectivity index (χ2v) is 46.1. The fourth-order valence-corrected chi connectivity index (χ4v) is 1.05. The Hall–Kier alpha value is 2.56. The standard InChI is InChI=1S/C5HCl4O.5ClH.Sn/c6-2-1-10-5(9)4(8)3(2)7;;;;;;/h1H;5*1H;/q+1;;;;;;+4/p-5. The first-order valence-electron chi connectivity index (χ1n) is 3.18. The van der Waals surface area contributed by atoms with E-state index >= 15 is 0 Å². The van der Waals surface area contributed by atoms with Crippen LogP contribution in [0.2, 0.25) is 20.3 Å². The Kier molecular flexibility index (Phi) is 7.92. The molecule has 0 radical (unpaired) electrons. The molecule has 0 amide bonds. The first kappa shape index (κ1) is 18.6. The minimum atomic E-state index is -4.40. The van der Waals surface area contributed by atoms with Crippen molar-refractivity contribution in [2.75, 3.05) is 0 Å². The van der Waals surface area contributed by atoms with Crippen LogP contribution in [0.15, 0.2) is 10.7 Å². The van der Waals surface area contributed by atoms with Gasteiger partial charge in [-0.15, -0.1) is 0 Å². The average Bonchev–Trinajstić information content (AvgIpc) is 2.04. The van der Waals surface area contributed by atoms with Gasteiger partial charge in [-0.3, -0.25) is 0 Å². The molecule has 0 N–H and O–H groups in total. The molecule has 0 aromatic carbocycles. The van der Waals surface area contributed by atoms with E-state index in [4.69, 9.17) is 91.0 Å². The molecule has 1 rings (SSSR count). The molecule has 0 aliphatic rings. The molecule has 0 unspecified atom stereocenters. The number of hydrogen-bond donors (Lipinski definition) is 0. The van der Waals surface area contributed by atoms with Crippen LogP contribution in [0.5, 0.6) is 0 Å². The molecule has 1 aromatic heterocycles. The Balaban J connectivity index is 0.000000325. The topological polar surface area (TPSA) is 11.3 Å². The minimum absolute atomic E-state index is 0.0380. The van der Waals surface area contributed by atoms with Gasteiger partial charge in [0.05, 0.1) is 5.02 Å². The van der Waals surface area contributed by atoms with Gasteiger partial charge in [-0.1, -0.05) is 34.8 Å². The van der Waals surface area contributed by atoms with Gasteiger partial charge >= 0.3 is 67.4 Å². The van der Waals surface area contributed by atoms with Crippen molar-refractivity contribution < 1.29 is 4.42 Å². The molecule has 0 saturated heterocycles. The first-order chi connectivity index (χ1) is 6.86. The molecule has 0 aliphatic heterocycles. The monoisotopic (exact) mass is 512 g/mol. The number of hydrogen-bond acceptors (Lipinski definition) is 0. The van der Waals surface area contributed by atoms with Crippen molar-refractivity contribution in [1.82, 2.24) is 0 Å². The van der Waals surface area contributed by atoms with Crippen molar-refractivity contribution in [3.63, 3.8) is 0 Å². The Morgan fingerprint density at radius 1 is 0.812 bits per heavy atom. The summed E-state index contributed by atoms with van der Waals surface area (Å²) in [5.41, 5.74) is 0. The summed E-state index contributed by atoms with van der Waals surface area (Å²) >= 11 is 17.7. The molecule has 0 saturated carbocycles. The molecule has 0 atom stereocenters. The van der Waals surface area contributed by atoms with Gasteiger partial charge in [-0.05, 0) is 0 Å². The van der Waals surface area contributed by atoms with Crippen LogP contribution >= 0.6 is 91.0 Å². The van der Waals surface area contributed by atoms with Crippen LogP contribution in [0.3, 0.4) is 0 Å². The Labute approximate surface area is 131 Å². The SMILES string of the molecule is Clc1c[o+]c(Cl)c(Cl)c1Cl.[Cl][Sn-]([Cl])([Cl])([Cl])[Cl]. The summed E-state index contributed by atoms with van der Waals surface area (Å²) in [4.78, 5) is 0. The van der Waals surface area contributed by atoms with E-state index in [1.54, 1.807) is 0 Å². The molecule has 11 heteroatoms. The van der Waals surface area contributed by atoms with E-state index in [-0.39, 0.29) is 20.3 Å². The maximum atomic E-state index is 5.57. The molecular weight excluding hydrogens is 514 g/mol. The maximum absolute atomic E-state index is 5.57. The molecule has 0 bridgehead atoms. The third kappa shape index (κ3) is 10.5. The second kappa shape index (κ2) is 6.83. The van der Waals surface area contributed by atoms with Gasteiger partial charge in [0.2, 0.25) is 0 Å². The van der Waals surface area contributed by atoms with Crippen molar-refractivity contribution in [3.05, 3.63) is 26.6 Å². The van der Waals surface area contributed by atoms with Gasteiger partial charge in [0.1, 0.15) is 0 Å². The second-order valence-electron chi connectivity index (χ2n) is 2.20.